The topological polar surface area (TPSA) is 75.4 Å². The second kappa shape index (κ2) is 5.65. The molecule has 2 aliphatic rings. The molecule has 1 aliphatic carbocycles. The minimum absolute atomic E-state index is 0.280. The molecule has 100 valence electrons. The fourth-order valence-corrected chi connectivity index (χ4v) is 3.92. The molecule has 0 aromatic rings. The van der Waals surface area contributed by atoms with Crippen molar-refractivity contribution in [3.05, 3.63) is 0 Å². The van der Waals surface area contributed by atoms with Crippen LogP contribution in [0.25, 0.3) is 0 Å². The average molecular weight is 261 g/mol. The molecule has 0 spiro atoms. The Kier molecular flexibility index (Phi) is 4.41. The summed E-state index contributed by atoms with van der Waals surface area (Å²) in [5.41, 5.74) is 5.68. The Morgan fingerprint density at radius 3 is 2.24 bits per heavy atom. The molecule has 0 bridgehead atoms. The number of nitrogens with one attached hydrogen (secondary N) is 1. The van der Waals surface area contributed by atoms with Gasteiger partial charge in [0.05, 0.1) is 0 Å². The van der Waals surface area contributed by atoms with E-state index in [2.05, 4.69) is 4.72 Å². The maximum atomic E-state index is 12.0. The molecular weight excluding hydrogens is 238 g/mol. The normalized spacial score (nSPS) is 31.8. The van der Waals surface area contributed by atoms with Gasteiger partial charge in [-0.15, -0.1) is 0 Å². The number of nitrogens with zero attached hydrogens (tertiary/aromatic N) is 1. The third-order valence-corrected chi connectivity index (χ3v) is 5.31. The molecule has 5 nitrogen and oxygen atoms in total. The van der Waals surface area contributed by atoms with Crippen molar-refractivity contribution in [1.29, 1.82) is 0 Å². The van der Waals surface area contributed by atoms with Crippen molar-refractivity contribution in [2.75, 3.05) is 19.6 Å². The summed E-state index contributed by atoms with van der Waals surface area (Å²) in [4.78, 5) is 0. The van der Waals surface area contributed by atoms with Crippen LogP contribution in [0, 0.1) is 5.92 Å². The summed E-state index contributed by atoms with van der Waals surface area (Å²) in [6.07, 6.45) is 6.14. The molecule has 0 unspecified atom stereocenters. The van der Waals surface area contributed by atoms with Crippen molar-refractivity contribution in [3.63, 3.8) is 0 Å². The van der Waals surface area contributed by atoms with Gasteiger partial charge >= 0.3 is 0 Å². The molecule has 6 heteroatoms. The van der Waals surface area contributed by atoms with Crippen LogP contribution < -0.4 is 10.5 Å². The van der Waals surface area contributed by atoms with Crippen LogP contribution in [0.4, 0.5) is 0 Å². The number of hydrogen-bond acceptors (Lipinski definition) is 3. The molecule has 0 atom stereocenters. The molecule has 0 aromatic heterocycles. The zero-order valence-electron chi connectivity index (χ0n) is 10.3. The van der Waals surface area contributed by atoms with E-state index in [0.717, 1.165) is 38.5 Å². The van der Waals surface area contributed by atoms with Crippen LogP contribution >= 0.6 is 0 Å². The summed E-state index contributed by atoms with van der Waals surface area (Å²) in [6, 6.07) is 0.280. The zero-order valence-corrected chi connectivity index (χ0v) is 11.1. The Bertz CT molecular complexity index is 331. The van der Waals surface area contributed by atoms with Crippen molar-refractivity contribution < 1.29 is 8.42 Å². The molecule has 0 radical (unpaired) electrons. The standard InChI is InChI=1S/C11H23N3O2S/c12-11-7-10(8-11)9-13-17(15,16)14-5-3-1-2-4-6-14/h10-11,13H,1-9,12H2. The van der Waals surface area contributed by atoms with Crippen molar-refractivity contribution in [3.8, 4) is 0 Å². The largest absolute Gasteiger partial charge is 0.328 e. The van der Waals surface area contributed by atoms with Gasteiger partial charge in [0.1, 0.15) is 0 Å². The lowest BCUT2D eigenvalue weighted by molar-refractivity contribution is 0.264. The van der Waals surface area contributed by atoms with E-state index in [-0.39, 0.29) is 6.04 Å². The van der Waals surface area contributed by atoms with Gasteiger partial charge in [-0.05, 0) is 31.6 Å². The maximum Gasteiger partial charge on any atom is 0.279 e. The first-order valence-electron chi connectivity index (χ1n) is 6.58. The molecule has 2 fully saturated rings. The Hall–Kier alpha value is -0.170. The van der Waals surface area contributed by atoms with Gasteiger partial charge in [0, 0.05) is 25.7 Å². The van der Waals surface area contributed by atoms with E-state index in [1.807, 2.05) is 0 Å². The van der Waals surface area contributed by atoms with Crippen LogP contribution in [0.3, 0.4) is 0 Å². The third kappa shape index (κ3) is 3.64. The molecule has 1 aliphatic heterocycles. The van der Waals surface area contributed by atoms with Crippen molar-refractivity contribution in [2.24, 2.45) is 11.7 Å². The summed E-state index contributed by atoms with van der Waals surface area (Å²) in [7, 11) is -3.25. The van der Waals surface area contributed by atoms with Gasteiger partial charge in [-0.1, -0.05) is 12.8 Å². The molecule has 1 saturated heterocycles. The van der Waals surface area contributed by atoms with Crippen molar-refractivity contribution in [2.45, 2.75) is 44.6 Å². The van der Waals surface area contributed by atoms with Gasteiger partial charge in [0.2, 0.25) is 0 Å². The quantitative estimate of drug-likeness (QED) is 0.771. The zero-order chi connectivity index (χ0) is 12.3. The van der Waals surface area contributed by atoms with Gasteiger partial charge in [0.15, 0.2) is 0 Å². The highest BCUT2D eigenvalue weighted by Crippen LogP contribution is 2.24. The predicted molar refractivity (Wildman–Crippen MR) is 67.7 cm³/mol. The Morgan fingerprint density at radius 2 is 1.71 bits per heavy atom. The van der Waals surface area contributed by atoms with E-state index < -0.39 is 10.2 Å². The highest BCUT2D eigenvalue weighted by Gasteiger charge is 2.29. The summed E-state index contributed by atoms with van der Waals surface area (Å²) in [5.74, 6) is 0.437. The van der Waals surface area contributed by atoms with E-state index in [4.69, 9.17) is 5.73 Å². The molecule has 0 amide bonds. The predicted octanol–water partition coefficient (Wildman–Crippen LogP) is 0.434. The van der Waals surface area contributed by atoms with Crippen LogP contribution in [0.2, 0.25) is 0 Å². The molecule has 1 saturated carbocycles. The lowest BCUT2D eigenvalue weighted by atomic mass is 9.81. The number of hydrogen-bond donors (Lipinski definition) is 2. The molecule has 0 aromatic carbocycles. The van der Waals surface area contributed by atoms with Crippen LogP contribution in [0.5, 0.6) is 0 Å². The van der Waals surface area contributed by atoms with Crippen LogP contribution in [0.15, 0.2) is 0 Å². The summed E-state index contributed by atoms with van der Waals surface area (Å²) >= 11 is 0. The Labute approximate surface area is 104 Å². The van der Waals surface area contributed by atoms with E-state index in [1.165, 1.54) is 0 Å². The van der Waals surface area contributed by atoms with E-state index in [1.54, 1.807) is 4.31 Å². The second-order valence-electron chi connectivity index (χ2n) is 5.26. The molecule has 3 N–H and O–H groups in total. The Balaban J connectivity index is 1.80. The van der Waals surface area contributed by atoms with Gasteiger partial charge in [-0.25, -0.2) is 4.72 Å². The smallest absolute Gasteiger partial charge is 0.279 e. The SMILES string of the molecule is NC1CC(CNS(=O)(=O)N2CCCCCC2)C1. The van der Waals surface area contributed by atoms with Crippen molar-refractivity contribution >= 4 is 10.2 Å². The van der Waals surface area contributed by atoms with E-state index in [9.17, 15) is 8.42 Å². The third-order valence-electron chi connectivity index (χ3n) is 3.73. The first-order chi connectivity index (χ1) is 8.08. The van der Waals surface area contributed by atoms with Gasteiger partial charge in [-0.3, -0.25) is 0 Å². The summed E-state index contributed by atoms with van der Waals surface area (Å²) < 4.78 is 28.4. The lowest BCUT2D eigenvalue weighted by Crippen LogP contribution is -2.47. The lowest BCUT2D eigenvalue weighted by Gasteiger charge is -2.33. The van der Waals surface area contributed by atoms with Gasteiger partial charge < -0.3 is 5.73 Å². The molecular formula is C11H23N3O2S. The van der Waals surface area contributed by atoms with Crippen LogP contribution in [-0.4, -0.2) is 38.4 Å². The first-order valence-corrected chi connectivity index (χ1v) is 8.02. The van der Waals surface area contributed by atoms with Gasteiger partial charge in [-0.2, -0.15) is 12.7 Å². The monoisotopic (exact) mass is 261 g/mol. The highest BCUT2D eigenvalue weighted by molar-refractivity contribution is 7.87. The number of rotatable bonds is 4. The van der Waals surface area contributed by atoms with E-state index in [0.29, 0.717) is 25.6 Å². The van der Waals surface area contributed by atoms with Gasteiger partial charge in [0.25, 0.3) is 10.2 Å². The first kappa shape index (κ1) is 13.3. The fourth-order valence-electron chi connectivity index (χ4n) is 2.55. The van der Waals surface area contributed by atoms with Crippen LogP contribution in [-0.2, 0) is 10.2 Å². The van der Waals surface area contributed by atoms with Crippen LogP contribution in [0.1, 0.15) is 38.5 Å². The van der Waals surface area contributed by atoms with E-state index >= 15 is 0 Å². The summed E-state index contributed by atoms with van der Waals surface area (Å²) in [5, 5.41) is 0. The minimum Gasteiger partial charge on any atom is -0.328 e. The maximum absolute atomic E-state index is 12.0. The average Bonchev–Trinajstić information content (AvgIpc) is 2.51. The molecule has 1 heterocycles. The second-order valence-corrected chi connectivity index (χ2v) is 7.02. The fraction of sp³-hybridized carbons (Fsp3) is 1.00. The molecule has 2 rings (SSSR count). The number of nitrogens with two attached hydrogens (primary N) is 1. The molecule has 17 heavy (non-hydrogen) atoms. The minimum atomic E-state index is -3.25. The highest BCUT2D eigenvalue weighted by atomic mass is 32.2. The van der Waals surface area contributed by atoms with Crippen molar-refractivity contribution in [1.82, 2.24) is 9.03 Å². The summed E-state index contributed by atoms with van der Waals surface area (Å²) in [6.45, 7) is 1.88. The Morgan fingerprint density at radius 1 is 1.12 bits per heavy atom.